The Labute approximate surface area is 95.4 Å². The van der Waals surface area contributed by atoms with Gasteiger partial charge >= 0.3 is 0 Å². The van der Waals surface area contributed by atoms with Crippen LogP contribution in [0.3, 0.4) is 0 Å². The summed E-state index contributed by atoms with van der Waals surface area (Å²) in [6.07, 6.45) is 4.30. The van der Waals surface area contributed by atoms with E-state index in [1.54, 1.807) is 19.4 Å². The summed E-state index contributed by atoms with van der Waals surface area (Å²) >= 11 is 0. The molecule has 0 aromatic carbocycles. The van der Waals surface area contributed by atoms with E-state index in [1.165, 1.54) is 0 Å². The molecule has 0 radical (unpaired) electrons. The summed E-state index contributed by atoms with van der Waals surface area (Å²) in [6, 6.07) is 3.62. The van der Waals surface area contributed by atoms with Crippen LogP contribution in [0.1, 0.15) is 30.9 Å². The Hall–Kier alpha value is -1.13. The Morgan fingerprint density at radius 3 is 2.69 bits per heavy atom. The van der Waals surface area contributed by atoms with Crippen molar-refractivity contribution in [1.29, 1.82) is 0 Å². The van der Waals surface area contributed by atoms with Crippen molar-refractivity contribution < 1.29 is 9.84 Å². The van der Waals surface area contributed by atoms with E-state index in [9.17, 15) is 5.11 Å². The second kappa shape index (κ2) is 4.39. The molecule has 2 rings (SSSR count). The van der Waals surface area contributed by atoms with Gasteiger partial charge in [0.05, 0.1) is 13.2 Å². The average Bonchev–Trinajstić information content (AvgIpc) is 2.28. The highest BCUT2D eigenvalue weighted by molar-refractivity contribution is 5.22. The number of hydrogen-bond donors (Lipinski definition) is 2. The Morgan fingerprint density at radius 2 is 2.31 bits per heavy atom. The molecule has 0 amide bonds. The van der Waals surface area contributed by atoms with Gasteiger partial charge in [0, 0.05) is 24.2 Å². The molecule has 0 saturated heterocycles. The van der Waals surface area contributed by atoms with Crippen LogP contribution in [-0.4, -0.2) is 23.7 Å². The molecule has 1 aromatic heterocycles. The number of hydrogen-bond acceptors (Lipinski definition) is 4. The van der Waals surface area contributed by atoms with Crippen LogP contribution in [0.2, 0.25) is 0 Å². The Balaban J connectivity index is 2.16. The van der Waals surface area contributed by atoms with E-state index in [4.69, 9.17) is 10.5 Å². The topological polar surface area (TPSA) is 68.4 Å². The van der Waals surface area contributed by atoms with E-state index in [0.29, 0.717) is 12.4 Å². The number of aliphatic hydroxyl groups excluding tert-OH is 1. The largest absolute Gasteiger partial charge is 0.481 e. The van der Waals surface area contributed by atoms with Crippen molar-refractivity contribution in [2.24, 2.45) is 11.1 Å². The van der Waals surface area contributed by atoms with Gasteiger partial charge in [-0.1, -0.05) is 6.42 Å². The maximum absolute atomic E-state index is 10.3. The Kier molecular flexibility index (Phi) is 3.12. The van der Waals surface area contributed by atoms with Crippen LogP contribution in [0.5, 0.6) is 5.88 Å². The van der Waals surface area contributed by atoms with Gasteiger partial charge < -0.3 is 15.6 Å². The molecule has 16 heavy (non-hydrogen) atoms. The van der Waals surface area contributed by atoms with Gasteiger partial charge in [-0.3, -0.25) is 0 Å². The van der Waals surface area contributed by atoms with Crippen LogP contribution in [-0.2, 0) is 0 Å². The maximum atomic E-state index is 10.3. The van der Waals surface area contributed by atoms with Crippen molar-refractivity contribution in [3.8, 4) is 5.88 Å². The van der Waals surface area contributed by atoms with Crippen LogP contribution in [0.15, 0.2) is 18.3 Å². The number of ether oxygens (including phenoxy) is 1. The fourth-order valence-electron chi connectivity index (χ4n) is 2.25. The molecule has 88 valence electrons. The third kappa shape index (κ3) is 1.79. The standard InChI is InChI=1S/C12H18N2O2/c1-16-10-4-3-9(7-14-10)11(15)12(8-13)5-2-6-12/h3-4,7,11,15H,2,5-6,8,13H2,1H3. The molecule has 1 fully saturated rings. The number of aromatic nitrogens is 1. The summed E-state index contributed by atoms with van der Waals surface area (Å²) < 4.78 is 4.98. The molecule has 0 aliphatic heterocycles. The van der Waals surface area contributed by atoms with Crippen LogP contribution in [0.4, 0.5) is 0 Å². The predicted octanol–water partition coefficient (Wildman–Crippen LogP) is 1.25. The van der Waals surface area contributed by atoms with Gasteiger partial charge in [0.2, 0.25) is 5.88 Å². The first kappa shape index (κ1) is 11.4. The zero-order valence-corrected chi connectivity index (χ0v) is 9.52. The SMILES string of the molecule is COc1ccc(C(O)C2(CN)CCC2)cn1. The average molecular weight is 222 g/mol. The van der Waals surface area contributed by atoms with Crippen LogP contribution in [0, 0.1) is 5.41 Å². The quantitative estimate of drug-likeness (QED) is 0.804. The molecule has 3 N–H and O–H groups in total. The molecule has 1 atom stereocenters. The normalized spacial score (nSPS) is 19.9. The minimum absolute atomic E-state index is 0.129. The Bertz CT molecular complexity index is 341. The van der Waals surface area contributed by atoms with Crippen molar-refractivity contribution in [2.45, 2.75) is 25.4 Å². The predicted molar refractivity (Wildman–Crippen MR) is 61.1 cm³/mol. The van der Waals surface area contributed by atoms with Crippen molar-refractivity contribution >= 4 is 0 Å². The lowest BCUT2D eigenvalue weighted by Gasteiger charge is -2.44. The maximum Gasteiger partial charge on any atom is 0.212 e. The summed E-state index contributed by atoms with van der Waals surface area (Å²) in [4.78, 5) is 4.10. The molecular weight excluding hydrogens is 204 g/mol. The van der Waals surface area contributed by atoms with E-state index < -0.39 is 6.10 Å². The summed E-state index contributed by atoms with van der Waals surface area (Å²) in [5.41, 5.74) is 6.45. The lowest BCUT2D eigenvalue weighted by molar-refractivity contribution is -0.0299. The van der Waals surface area contributed by atoms with E-state index >= 15 is 0 Å². The highest BCUT2D eigenvalue weighted by atomic mass is 16.5. The summed E-state index contributed by atoms with van der Waals surface area (Å²) in [7, 11) is 1.58. The van der Waals surface area contributed by atoms with Gasteiger partial charge in [0.15, 0.2) is 0 Å². The minimum Gasteiger partial charge on any atom is -0.481 e. The van der Waals surface area contributed by atoms with Crippen LogP contribution < -0.4 is 10.5 Å². The molecule has 0 bridgehead atoms. The molecule has 1 saturated carbocycles. The van der Waals surface area contributed by atoms with Gasteiger partial charge in [0.25, 0.3) is 0 Å². The summed E-state index contributed by atoms with van der Waals surface area (Å²) in [5.74, 6) is 0.561. The first-order valence-corrected chi connectivity index (χ1v) is 5.60. The highest BCUT2D eigenvalue weighted by Crippen LogP contribution is 2.49. The molecule has 1 aliphatic carbocycles. The monoisotopic (exact) mass is 222 g/mol. The van der Waals surface area contributed by atoms with Crippen molar-refractivity contribution in [2.75, 3.05) is 13.7 Å². The third-order valence-corrected chi connectivity index (χ3v) is 3.62. The van der Waals surface area contributed by atoms with Crippen LogP contribution in [0.25, 0.3) is 0 Å². The second-order valence-corrected chi connectivity index (χ2v) is 4.46. The summed E-state index contributed by atoms with van der Waals surface area (Å²) in [5, 5.41) is 10.3. The molecule has 0 spiro atoms. The van der Waals surface area contributed by atoms with E-state index in [0.717, 1.165) is 24.8 Å². The number of nitrogens with two attached hydrogens (primary N) is 1. The Morgan fingerprint density at radius 1 is 1.56 bits per heavy atom. The van der Waals surface area contributed by atoms with Crippen molar-refractivity contribution in [1.82, 2.24) is 4.98 Å². The molecule has 1 aliphatic rings. The lowest BCUT2D eigenvalue weighted by atomic mass is 9.64. The first-order valence-electron chi connectivity index (χ1n) is 5.60. The lowest BCUT2D eigenvalue weighted by Crippen LogP contribution is -2.42. The van der Waals surface area contributed by atoms with E-state index in [2.05, 4.69) is 4.98 Å². The minimum atomic E-state index is -0.510. The smallest absolute Gasteiger partial charge is 0.212 e. The van der Waals surface area contributed by atoms with Gasteiger partial charge in [-0.25, -0.2) is 4.98 Å². The molecular formula is C12H18N2O2. The number of nitrogens with zero attached hydrogens (tertiary/aromatic N) is 1. The highest BCUT2D eigenvalue weighted by Gasteiger charge is 2.42. The molecule has 1 heterocycles. The number of pyridine rings is 1. The van der Waals surface area contributed by atoms with E-state index in [-0.39, 0.29) is 5.41 Å². The second-order valence-electron chi connectivity index (χ2n) is 4.46. The third-order valence-electron chi connectivity index (χ3n) is 3.62. The number of methoxy groups -OCH3 is 1. The van der Waals surface area contributed by atoms with Gasteiger partial charge in [-0.05, 0) is 24.5 Å². The number of aliphatic hydroxyl groups is 1. The molecule has 4 nitrogen and oxygen atoms in total. The molecule has 1 aromatic rings. The van der Waals surface area contributed by atoms with Gasteiger partial charge in [0.1, 0.15) is 0 Å². The van der Waals surface area contributed by atoms with Crippen LogP contribution >= 0.6 is 0 Å². The molecule has 1 unspecified atom stereocenters. The van der Waals surface area contributed by atoms with E-state index in [1.807, 2.05) is 6.07 Å². The zero-order chi connectivity index (χ0) is 11.6. The zero-order valence-electron chi connectivity index (χ0n) is 9.52. The summed E-state index contributed by atoms with van der Waals surface area (Å²) in [6.45, 7) is 0.528. The molecule has 4 heteroatoms. The fourth-order valence-corrected chi connectivity index (χ4v) is 2.25. The number of rotatable bonds is 4. The van der Waals surface area contributed by atoms with Gasteiger partial charge in [-0.2, -0.15) is 0 Å². The fraction of sp³-hybridized carbons (Fsp3) is 0.583. The van der Waals surface area contributed by atoms with Gasteiger partial charge in [-0.15, -0.1) is 0 Å². The van der Waals surface area contributed by atoms with Crippen molar-refractivity contribution in [3.05, 3.63) is 23.9 Å². The first-order chi connectivity index (χ1) is 7.72. The van der Waals surface area contributed by atoms with Crippen molar-refractivity contribution in [3.63, 3.8) is 0 Å².